The van der Waals surface area contributed by atoms with Crippen LogP contribution >= 0.6 is 11.6 Å². The predicted molar refractivity (Wildman–Crippen MR) is 159 cm³/mol. The molecule has 0 aliphatic carbocycles. The number of benzene rings is 4. The summed E-state index contributed by atoms with van der Waals surface area (Å²) in [6.45, 7) is 2.39. The lowest BCUT2D eigenvalue weighted by Crippen LogP contribution is -2.32. The predicted octanol–water partition coefficient (Wildman–Crippen LogP) is 10.6. The van der Waals surface area contributed by atoms with Gasteiger partial charge in [0.15, 0.2) is 0 Å². The molecule has 14 heteroatoms. The molecule has 0 bridgehead atoms. The molecule has 2 atom stereocenters. The van der Waals surface area contributed by atoms with Crippen LogP contribution in [-0.2, 0) is 36.4 Å². The van der Waals surface area contributed by atoms with Crippen molar-refractivity contribution in [2.24, 2.45) is 0 Å². The van der Waals surface area contributed by atoms with E-state index in [9.17, 15) is 49.4 Å². The van der Waals surface area contributed by atoms with Crippen LogP contribution < -0.4 is 0 Å². The maximum Gasteiger partial charge on any atom is 0.416 e. The summed E-state index contributed by atoms with van der Waals surface area (Å²) in [7, 11) is 0. The highest BCUT2D eigenvalue weighted by molar-refractivity contribution is 6.33. The quantitative estimate of drug-likeness (QED) is 0.204. The van der Waals surface area contributed by atoms with Gasteiger partial charge in [-0.1, -0.05) is 41.9 Å². The Bertz CT molecular complexity index is 1840. The third kappa shape index (κ3) is 7.12. The van der Waals surface area contributed by atoms with Gasteiger partial charge in [0.2, 0.25) is 0 Å². The first kappa shape index (κ1) is 35.1. The largest absolute Gasteiger partial charge is 0.439 e. The van der Waals surface area contributed by atoms with Crippen molar-refractivity contribution in [2.45, 2.75) is 57.7 Å². The lowest BCUT2D eigenvalue weighted by Gasteiger charge is -2.24. The molecule has 4 aromatic rings. The number of hydrogen-bond acceptors (Lipinski definition) is 3. The van der Waals surface area contributed by atoms with Crippen LogP contribution in [0.4, 0.5) is 44.3 Å². The minimum absolute atomic E-state index is 0.0549. The molecule has 1 heterocycles. The summed E-state index contributed by atoms with van der Waals surface area (Å²) < 4.78 is 128. The zero-order valence-corrected chi connectivity index (χ0v) is 25.7. The standard InChI is InChI=1S/C34H25ClF9NO3/c1-17-9-19(16-46)3-6-26(17)20-4-8-29(35)28(13-20)27-7-5-23(32(36,37)38)12-22(27)15-45-18(2)30(48-31(45)47)21-10-24(33(39,40)41)14-25(11-21)34(42,43)44/h3-14,18,30,46H,15-16H2,1-2H3/t18-,30-/m0/s1. The summed E-state index contributed by atoms with van der Waals surface area (Å²) in [5.74, 6) is 0. The van der Waals surface area contributed by atoms with E-state index in [1.807, 2.05) is 6.92 Å². The van der Waals surface area contributed by atoms with E-state index in [0.717, 1.165) is 28.2 Å². The van der Waals surface area contributed by atoms with Crippen molar-refractivity contribution < 1.29 is 54.2 Å². The van der Waals surface area contributed by atoms with Gasteiger partial charge in [0.05, 0.1) is 35.9 Å². The number of carbonyl (C=O) groups is 1. The van der Waals surface area contributed by atoms with Gasteiger partial charge < -0.3 is 9.84 Å². The molecule has 5 rings (SSSR count). The van der Waals surface area contributed by atoms with Gasteiger partial charge in [-0.25, -0.2) is 4.79 Å². The second kappa shape index (κ2) is 12.7. The van der Waals surface area contributed by atoms with Gasteiger partial charge in [0.25, 0.3) is 0 Å². The lowest BCUT2D eigenvalue weighted by molar-refractivity contribution is -0.143. The number of aryl methyl sites for hydroxylation is 1. The number of halogens is 10. The Balaban J connectivity index is 1.57. The molecule has 0 unspecified atom stereocenters. The van der Waals surface area contributed by atoms with Gasteiger partial charge in [-0.3, -0.25) is 4.90 Å². The number of nitrogens with zero attached hydrogens (tertiary/aromatic N) is 1. The van der Waals surface area contributed by atoms with Crippen molar-refractivity contribution in [3.63, 3.8) is 0 Å². The summed E-state index contributed by atoms with van der Waals surface area (Å²) >= 11 is 6.54. The van der Waals surface area contributed by atoms with Crippen LogP contribution in [-0.4, -0.2) is 22.1 Å². The van der Waals surface area contributed by atoms with Crippen molar-refractivity contribution >= 4 is 17.7 Å². The monoisotopic (exact) mass is 701 g/mol. The molecular formula is C34H25ClF9NO3. The maximum absolute atomic E-state index is 13.9. The number of carbonyl (C=O) groups excluding carboxylic acids is 1. The number of alkyl halides is 9. The summed E-state index contributed by atoms with van der Waals surface area (Å²) in [6, 6.07) is 12.6. The number of rotatable bonds is 6. The van der Waals surface area contributed by atoms with E-state index in [2.05, 4.69) is 0 Å². The summed E-state index contributed by atoms with van der Waals surface area (Å²) in [5.41, 5.74) is -1.56. The van der Waals surface area contributed by atoms with Crippen LogP contribution in [0.2, 0.25) is 5.02 Å². The molecule has 4 aromatic carbocycles. The van der Waals surface area contributed by atoms with Crippen LogP contribution in [0, 0.1) is 6.92 Å². The molecule has 0 spiro atoms. The molecule has 1 aliphatic heterocycles. The molecule has 1 fully saturated rings. The van der Waals surface area contributed by atoms with Crippen molar-refractivity contribution in [1.29, 1.82) is 0 Å². The number of hydrogen-bond donors (Lipinski definition) is 1. The molecule has 1 saturated heterocycles. The Hall–Kier alpha value is -4.23. The highest BCUT2D eigenvalue weighted by Crippen LogP contribution is 2.43. The van der Waals surface area contributed by atoms with E-state index in [1.54, 1.807) is 36.4 Å². The Morgan fingerprint density at radius 3 is 1.92 bits per heavy atom. The minimum atomic E-state index is -5.15. The summed E-state index contributed by atoms with van der Waals surface area (Å²) in [4.78, 5) is 14.0. The van der Waals surface area contributed by atoms with Gasteiger partial charge in [-0.15, -0.1) is 0 Å². The van der Waals surface area contributed by atoms with E-state index in [4.69, 9.17) is 16.3 Å². The Kier molecular flexibility index (Phi) is 9.26. The van der Waals surface area contributed by atoms with E-state index >= 15 is 0 Å². The SMILES string of the molecule is Cc1cc(CO)ccc1-c1ccc(Cl)c(-c2ccc(C(F)(F)F)cc2CN2C(=O)O[C@H](c3cc(C(F)(F)F)cc(C(F)(F)F)c3)[C@@H]2C)c1. The first-order chi connectivity index (χ1) is 22.3. The Morgan fingerprint density at radius 1 is 0.750 bits per heavy atom. The van der Waals surface area contributed by atoms with Crippen LogP contribution in [0.15, 0.2) is 72.8 Å². The Morgan fingerprint density at radius 2 is 1.35 bits per heavy atom. The molecular weight excluding hydrogens is 677 g/mol. The third-order valence-corrected chi connectivity index (χ3v) is 8.47. The van der Waals surface area contributed by atoms with Crippen LogP contribution in [0.3, 0.4) is 0 Å². The van der Waals surface area contributed by atoms with Gasteiger partial charge in [0, 0.05) is 10.6 Å². The maximum atomic E-state index is 13.9. The highest BCUT2D eigenvalue weighted by Gasteiger charge is 2.44. The van der Waals surface area contributed by atoms with Gasteiger partial charge in [0.1, 0.15) is 6.10 Å². The van der Waals surface area contributed by atoms with E-state index in [1.165, 1.54) is 13.0 Å². The average Bonchev–Trinajstić information content (AvgIpc) is 3.28. The van der Waals surface area contributed by atoms with E-state index in [-0.39, 0.29) is 28.8 Å². The minimum Gasteiger partial charge on any atom is -0.439 e. The molecule has 0 radical (unpaired) electrons. The molecule has 4 nitrogen and oxygen atoms in total. The summed E-state index contributed by atoms with van der Waals surface area (Å²) in [5, 5.41) is 9.62. The molecule has 1 N–H and O–H groups in total. The van der Waals surface area contributed by atoms with Crippen molar-refractivity contribution in [3.05, 3.63) is 117 Å². The van der Waals surface area contributed by atoms with Gasteiger partial charge in [-0.05, 0) is 95.3 Å². The van der Waals surface area contributed by atoms with Crippen LogP contribution in [0.1, 0.15) is 52.0 Å². The molecule has 1 amide bonds. The van der Waals surface area contributed by atoms with Crippen LogP contribution in [0.5, 0.6) is 0 Å². The molecule has 1 aliphatic rings. The normalized spacial score (nSPS) is 17.2. The van der Waals surface area contributed by atoms with Gasteiger partial charge >= 0.3 is 24.6 Å². The zero-order chi connectivity index (χ0) is 35.3. The van der Waals surface area contributed by atoms with Crippen LogP contribution in [0.25, 0.3) is 22.3 Å². The van der Waals surface area contributed by atoms with E-state index in [0.29, 0.717) is 28.8 Å². The number of amides is 1. The fourth-order valence-electron chi connectivity index (χ4n) is 5.70. The van der Waals surface area contributed by atoms with Crippen molar-refractivity contribution in [1.82, 2.24) is 4.90 Å². The van der Waals surface area contributed by atoms with E-state index < -0.39 is 65.6 Å². The second-order valence-electron chi connectivity index (χ2n) is 11.4. The fraction of sp³-hybridized carbons (Fsp3) is 0.265. The number of cyclic esters (lactones) is 1. The average molecular weight is 702 g/mol. The first-order valence-electron chi connectivity index (χ1n) is 14.3. The topological polar surface area (TPSA) is 49.8 Å². The molecule has 48 heavy (non-hydrogen) atoms. The first-order valence-corrected chi connectivity index (χ1v) is 14.6. The van der Waals surface area contributed by atoms with Crippen molar-refractivity contribution in [2.75, 3.05) is 0 Å². The van der Waals surface area contributed by atoms with Gasteiger partial charge in [-0.2, -0.15) is 39.5 Å². The third-order valence-electron chi connectivity index (χ3n) is 8.14. The molecule has 254 valence electrons. The molecule has 0 aromatic heterocycles. The Labute approximate surface area is 273 Å². The molecule has 0 saturated carbocycles. The number of aliphatic hydroxyl groups is 1. The van der Waals surface area contributed by atoms with Crippen molar-refractivity contribution in [3.8, 4) is 22.3 Å². The summed E-state index contributed by atoms with van der Waals surface area (Å²) in [6.07, 6.45) is -17.9. The zero-order valence-electron chi connectivity index (χ0n) is 25.0. The highest BCUT2D eigenvalue weighted by atomic mass is 35.5. The number of aliphatic hydroxyl groups excluding tert-OH is 1. The fourth-order valence-corrected chi connectivity index (χ4v) is 5.92. The smallest absolute Gasteiger partial charge is 0.416 e. The number of ether oxygens (including phenoxy) is 1. The lowest BCUT2D eigenvalue weighted by atomic mass is 9.92. The second-order valence-corrected chi connectivity index (χ2v) is 11.8.